The molecule has 0 aliphatic rings. The van der Waals surface area contributed by atoms with Gasteiger partial charge in [-0.25, -0.2) is 0 Å². The second-order valence-corrected chi connectivity index (χ2v) is 7.61. The second-order valence-electron chi connectivity index (χ2n) is 6.76. The molecule has 0 saturated carbocycles. The highest BCUT2D eigenvalue weighted by molar-refractivity contribution is 6.35. The number of nitrogens with zero attached hydrogens (tertiary/aromatic N) is 2. The van der Waals surface area contributed by atoms with E-state index in [2.05, 4.69) is 10.1 Å². The first-order chi connectivity index (χ1) is 15.5. The summed E-state index contributed by atoms with van der Waals surface area (Å²) < 4.78 is 16.4. The van der Waals surface area contributed by atoms with E-state index in [1.165, 1.54) is 0 Å². The second kappa shape index (κ2) is 9.72. The summed E-state index contributed by atoms with van der Waals surface area (Å²) in [6.07, 6.45) is 0. The smallest absolute Gasteiger partial charge is 0.258 e. The largest absolute Gasteiger partial charge is 0.487 e. The van der Waals surface area contributed by atoms with E-state index in [1.807, 2.05) is 24.3 Å². The summed E-state index contributed by atoms with van der Waals surface area (Å²) in [5.74, 6) is 1.37. The van der Waals surface area contributed by atoms with E-state index in [4.69, 9.17) is 42.9 Å². The Balaban J connectivity index is 1.40. The number of rotatable bonds is 8. The summed E-state index contributed by atoms with van der Waals surface area (Å²) in [5, 5.41) is 5.04. The van der Waals surface area contributed by atoms with Crippen molar-refractivity contribution in [2.24, 2.45) is 5.73 Å². The molecular formula is C23H17Cl2N3O4. The Morgan fingerprint density at radius 1 is 0.938 bits per heavy atom. The van der Waals surface area contributed by atoms with Crippen molar-refractivity contribution in [3.8, 4) is 34.3 Å². The number of ether oxygens (including phenoxy) is 2. The molecule has 32 heavy (non-hydrogen) atoms. The lowest BCUT2D eigenvalue weighted by atomic mass is 10.1. The number of amides is 1. The van der Waals surface area contributed by atoms with Gasteiger partial charge in [-0.15, -0.1) is 0 Å². The Morgan fingerprint density at radius 3 is 2.34 bits per heavy atom. The maximum atomic E-state index is 10.8. The molecule has 0 bridgehead atoms. The van der Waals surface area contributed by atoms with Gasteiger partial charge in [0.15, 0.2) is 6.61 Å². The van der Waals surface area contributed by atoms with Crippen LogP contribution in [0.3, 0.4) is 0 Å². The predicted octanol–water partition coefficient (Wildman–Crippen LogP) is 5.15. The Labute approximate surface area is 193 Å². The van der Waals surface area contributed by atoms with Gasteiger partial charge in [-0.2, -0.15) is 4.98 Å². The van der Waals surface area contributed by atoms with Crippen LogP contribution in [0.1, 0.15) is 5.56 Å². The number of halogens is 2. The Hall–Kier alpha value is -3.55. The molecule has 1 heterocycles. The maximum Gasteiger partial charge on any atom is 0.258 e. The lowest BCUT2D eigenvalue weighted by Gasteiger charge is -2.08. The summed E-state index contributed by atoms with van der Waals surface area (Å²) in [5.41, 5.74) is 7.54. The van der Waals surface area contributed by atoms with Crippen LogP contribution in [0.4, 0.5) is 0 Å². The number of hydrogen-bond acceptors (Lipinski definition) is 6. The van der Waals surface area contributed by atoms with Crippen LogP contribution in [0.25, 0.3) is 22.8 Å². The Kier molecular flexibility index (Phi) is 6.58. The molecule has 3 aromatic carbocycles. The quantitative estimate of drug-likeness (QED) is 0.382. The average Bonchev–Trinajstić information content (AvgIpc) is 3.28. The van der Waals surface area contributed by atoms with Crippen molar-refractivity contribution in [2.75, 3.05) is 6.61 Å². The zero-order chi connectivity index (χ0) is 22.5. The van der Waals surface area contributed by atoms with Crippen molar-refractivity contribution in [1.82, 2.24) is 10.1 Å². The van der Waals surface area contributed by atoms with Crippen molar-refractivity contribution in [2.45, 2.75) is 6.61 Å². The molecule has 0 spiro atoms. The van der Waals surface area contributed by atoms with Gasteiger partial charge in [0, 0.05) is 16.1 Å². The van der Waals surface area contributed by atoms with Crippen molar-refractivity contribution in [3.05, 3.63) is 82.3 Å². The fourth-order valence-corrected chi connectivity index (χ4v) is 3.27. The molecule has 9 heteroatoms. The van der Waals surface area contributed by atoms with Crippen LogP contribution in [-0.4, -0.2) is 22.7 Å². The molecule has 2 N–H and O–H groups in total. The number of primary amides is 1. The third-order valence-electron chi connectivity index (χ3n) is 4.41. The van der Waals surface area contributed by atoms with Crippen LogP contribution in [0.15, 0.2) is 71.3 Å². The highest BCUT2D eigenvalue weighted by Gasteiger charge is 2.11. The third kappa shape index (κ3) is 5.38. The molecule has 0 atom stereocenters. The highest BCUT2D eigenvalue weighted by Crippen LogP contribution is 2.29. The maximum absolute atomic E-state index is 10.8. The third-order valence-corrected chi connectivity index (χ3v) is 4.94. The topological polar surface area (TPSA) is 100 Å². The van der Waals surface area contributed by atoms with E-state index in [0.717, 1.165) is 16.7 Å². The molecule has 0 radical (unpaired) electrons. The molecular weight excluding hydrogens is 453 g/mol. The van der Waals surface area contributed by atoms with Gasteiger partial charge >= 0.3 is 0 Å². The summed E-state index contributed by atoms with van der Waals surface area (Å²) in [6.45, 7) is 0.167. The van der Waals surface area contributed by atoms with E-state index in [0.29, 0.717) is 39.9 Å². The summed E-state index contributed by atoms with van der Waals surface area (Å²) >= 11 is 12.0. The summed E-state index contributed by atoms with van der Waals surface area (Å²) in [4.78, 5) is 15.2. The molecule has 0 aliphatic carbocycles. The van der Waals surface area contributed by atoms with E-state index >= 15 is 0 Å². The number of hydrogen-bond donors (Lipinski definition) is 1. The van der Waals surface area contributed by atoms with Gasteiger partial charge in [-0.1, -0.05) is 40.5 Å². The van der Waals surface area contributed by atoms with Crippen molar-refractivity contribution in [1.29, 1.82) is 0 Å². The lowest BCUT2D eigenvalue weighted by molar-refractivity contribution is -0.119. The van der Waals surface area contributed by atoms with Crippen LogP contribution in [0.5, 0.6) is 11.5 Å². The van der Waals surface area contributed by atoms with Gasteiger partial charge in [-0.3, -0.25) is 4.79 Å². The summed E-state index contributed by atoms with van der Waals surface area (Å²) in [7, 11) is 0. The first-order valence-corrected chi connectivity index (χ1v) is 10.3. The van der Waals surface area contributed by atoms with Gasteiger partial charge < -0.3 is 19.7 Å². The molecule has 0 saturated heterocycles. The number of nitrogens with two attached hydrogens (primary N) is 1. The number of benzene rings is 3. The van der Waals surface area contributed by atoms with Gasteiger partial charge in [0.05, 0.1) is 5.02 Å². The van der Waals surface area contributed by atoms with E-state index in [-0.39, 0.29) is 6.61 Å². The van der Waals surface area contributed by atoms with Gasteiger partial charge in [0.1, 0.15) is 18.1 Å². The van der Waals surface area contributed by atoms with Gasteiger partial charge in [-0.05, 0) is 60.2 Å². The molecule has 162 valence electrons. The van der Waals surface area contributed by atoms with E-state index in [9.17, 15) is 4.79 Å². The Bertz CT molecular complexity index is 1220. The van der Waals surface area contributed by atoms with Crippen molar-refractivity contribution >= 4 is 29.1 Å². The first-order valence-electron chi connectivity index (χ1n) is 9.50. The molecule has 0 unspecified atom stereocenters. The van der Waals surface area contributed by atoms with Gasteiger partial charge in [0.2, 0.25) is 5.82 Å². The van der Waals surface area contributed by atoms with Crippen LogP contribution < -0.4 is 15.2 Å². The van der Waals surface area contributed by atoms with Crippen molar-refractivity contribution in [3.63, 3.8) is 0 Å². The predicted molar refractivity (Wildman–Crippen MR) is 121 cm³/mol. The summed E-state index contributed by atoms with van der Waals surface area (Å²) in [6, 6.07) is 19.6. The standard InChI is InChI=1S/C23H17Cl2N3O4/c24-17-7-10-20(19(25)11-17)31-12-14-1-3-16(4-2-14)23-27-22(28-32-23)15-5-8-18(9-6-15)30-13-21(26)29/h1-11H,12-13H2,(H2,26,29). The zero-order valence-corrected chi connectivity index (χ0v) is 18.1. The molecule has 0 aliphatic heterocycles. The molecule has 0 fully saturated rings. The molecule has 4 aromatic rings. The fraction of sp³-hybridized carbons (Fsp3) is 0.0870. The van der Waals surface area contributed by atoms with Gasteiger partial charge in [0.25, 0.3) is 11.8 Å². The van der Waals surface area contributed by atoms with Crippen LogP contribution in [0.2, 0.25) is 10.0 Å². The minimum atomic E-state index is -0.539. The monoisotopic (exact) mass is 469 g/mol. The van der Waals surface area contributed by atoms with Crippen LogP contribution in [0, 0.1) is 0 Å². The van der Waals surface area contributed by atoms with Crippen LogP contribution in [-0.2, 0) is 11.4 Å². The van der Waals surface area contributed by atoms with Crippen molar-refractivity contribution < 1.29 is 18.8 Å². The molecule has 4 rings (SSSR count). The lowest BCUT2D eigenvalue weighted by Crippen LogP contribution is -2.19. The fourth-order valence-electron chi connectivity index (χ4n) is 2.81. The Morgan fingerprint density at radius 2 is 1.66 bits per heavy atom. The number of carbonyl (C=O) groups excluding carboxylic acids is 1. The van der Waals surface area contributed by atoms with E-state index in [1.54, 1.807) is 42.5 Å². The van der Waals surface area contributed by atoms with Crippen LogP contribution >= 0.6 is 23.2 Å². The number of carbonyl (C=O) groups is 1. The van der Waals surface area contributed by atoms with E-state index < -0.39 is 5.91 Å². The SMILES string of the molecule is NC(=O)COc1ccc(-c2noc(-c3ccc(COc4ccc(Cl)cc4Cl)cc3)n2)cc1. The molecule has 7 nitrogen and oxygen atoms in total. The number of aromatic nitrogens is 2. The minimum absolute atomic E-state index is 0.181. The first kappa shape index (κ1) is 21.7. The highest BCUT2D eigenvalue weighted by atomic mass is 35.5. The normalized spacial score (nSPS) is 10.7. The molecule has 1 amide bonds. The average molecular weight is 470 g/mol. The molecule has 1 aromatic heterocycles. The minimum Gasteiger partial charge on any atom is -0.487 e. The zero-order valence-electron chi connectivity index (χ0n) is 16.6.